The second-order valence-corrected chi connectivity index (χ2v) is 11.1. The first kappa shape index (κ1) is 29.6. The van der Waals surface area contributed by atoms with Crippen LogP contribution in [0, 0.1) is 6.92 Å². The van der Waals surface area contributed by atoms with Crippen molar-refractivity contribution >= 4 is 39.2 Å². The number of alkyl halides is 3. The average molecular weight is 641 g/mol. The van der Waals surface area contributed by atoms with E-state index >= 15 is 0 Å². The zero-order valence-electron chi connectivity index (χ0n) is 23.0. The van der Waals surface area contributed by atoms with Gasteiger partial charge < -0.3 is 15.5 Å². The number of carbonyl (C=O) groups is 1. The first-order valence-electron chi connectivity index (χ1n) is 13.3. The molecule has 1 aliphatic rings. The molecule has 2 aromatic carbocycles. The maximum Gasteiger partial charge on any atom is 0.416 e. The number of likely N-dealkylation sites (N-methyl/N-ethyl adjacent to an activating group) is 1. The van der Waals surface area contributed by atoms with Crippen molar-refractivity contribution in [2.75, 3.05) is 43.9 Å². The smallest absolute Gasteiger partial charge is 0.324 e. The van der Waals surface area contributed by atoms with Crippen molar-refractivity contribution in [3.05, 3.63) is 93.8 Å². The highest BCUT2D eigenvalue weighted by atomic mass is 79.9. The Bertz CT molecular complexity index is 1590. The zero-order chi connectivity index (χ0) is 29.9. The Morgan fingerprint density at radius 2 is 1.81 bits per heavy atom. The average Bonchev–Trinajstić information content (AvgIpc) is 2.96. The largest absolute Gasteiger partial charge is 0.416 e. The Balaban J connectivity index is 1.32. The maximum absolute atomic E-state index is 14.0. The number of hydrogen-bond acceptors (Lipinski definition) is 7. The van der Waals surface area contributed by atoms with E-state index in [-0.39, 0.29) is 17.7 Å². The minimum atomic E-state index is -4.58. The molecule has 218 valence electrons. The molecular formula is C30H29BrF3N7O. The van der Waals surface area contributed by atoms with Gasteiger partial charge >= 0.3 is 6.18 Å². The molecule has 4 aromatic rings. The molecule has 1 saturated heterocycles. The lowest BCUT2D eigenvalue weighted by molar-refractivity contribution is -0.138. The lowest BCUT2D eigenvalue weighted by Gasteiger charge is -2.33. The predicted molar refractivity (Wildman–Crippen MR) is 160 cm³/mol. The molecule has 0 radical (unpaired) electrons. The SMILES string of the molecule is Cc1ccc(NC(=O)c2ccc(CN3CCN(C)CC3)c(C(F)(F)F)c2)cc1Nc1nccc(-c2cncc(Br)c2)n1. The van der Waals surface area contributed by atoms with Gasteiger partial charge in [-0.15, -0.1) is 0 Å². The quantitative estimate of drug-likeness (QED) is 0.243. The number of benzene rings is 2. The molecule has 2 aromatic heterocycles. The van der Waals surface area contributed by atoms with Crippen LogP contribution in [0.4, 0.5) is 30.5 Å². The summed E-state index contributed by atoms with van der Waals surface area (Å²) in [7, 11) is 1.99. The van der Waals surface area contributed by atoms with Gasteiger partial charge in [0.15, 0.2) is 0 Å². The third kappa shape index (κ3) is 7.30. The molecule has 1 aliphatic heterocycles. The molecule has 3 heterocycles. The fraction of sp³-hybridized carbons (Fsp3) is 0.267. The van der Waals surface area contributed by atoms with Crippen molar-refractivity contribution in [3.63, 3.8) is 0 Å². The lowest BCUT2D eigenvalue weighted by Crippen LogP contribution is -2.44. The summed E-state index contributed by atoms with van der Waals surface area (Å²) in [6.45, 7) is 5.04. The second-order valence-electron chi connectivity index (χ2n) is 10.2. The number of hydrogen-bond donors (Lipinski definition) is 2. The van der Waals surface area contributed by atoms with Gasteiger partial charge in [0.2, 0.25) is 5.95 Å². The van der Waals surface area contributed by atoms with E-state index in [1.807, 2.05) is 24.9 Å². The summed E-state index contributed by atoms with van der Waals surface area (Å²) in [6, 6.07) is 12.6. The van der Waals surface area contributed by atoms with Crippen LogP contribution in [0.2, 0.25) is 0 Å². The lowest BCUT2D eigenvalue weighted by atomic mass is 10.0. The summed E-state index contributed by atoms with van der Waals surface area (Å²) in [5.41, 5.74) is 2.67. The van der Waals surface area contributed by atoms with Gasteiger partial charge in [0.1, 0.15) is 0 Å². The molecule has 12 heteroatoms. The van der Waals surface area contributed by atoms with Crippen LogP contribution in [0.1, 0.15) is 27.0 Å². The minimum absolute atomic E-state index is 0.0711. The number of aromatic nitrogens is 3. The molecule has 8 nitrogen and oxygen atoms in total. The number of nitrogens with one attached hydrogen (secondary N) is 2. The molecule has 5 rings (SSSR count). The van der Waals surface area contributed by atoms with Crippen LogP contribution in [0.15, 0.2) is 71.6 Å². The van der Waals surface area contributed by atoms with Crippen LogP contribution in [-0.2, 0) is 12.7 Å². The minimum Gasteiger partial charge on any atom is -0.324 e. The van der Waals surface area contributed by atoms with E-state index in [0.717, 1.165) is 34.8 Å². The van der Waals surface area contributed by atoms with E-state index in [1.165, 1.54) is 12.1 Å². The highest BCUT2D eigenvalue weighted by Gasteiger charge is 2.34. The van der Waals surface area contributed by atoms with E-state index in [1.54, 1.807) is 42.9 Å². The van der Waals surface area contributed by atoms with E-state index in [4.69, 9.17) is 0 Å². The topological polar surface area (TPSA) is 86.3 Å². The Labute approximate surface area is 250 Å². The summed E-state index contributed by atoms with van der Waals surface area (Å²) in [5, 5.41) is 5.89. The molecule has 2 N–H and O–H groups in total. The van der Waals surface area contributed by atoms with Gasteiger partial charge in [0, 0.05) is 78.3 Å². The van der Waals surface area contributed by atoms with Gasteiger partial charge in [-0.2, -0.15) is 13.2 Å². The highest BCUT2D eigenvalue weighted by molar-refractivity contribution is 9.10. The number of rotatable bonds is 7. The number of aryl methyl sites for hydroxylation is 1. The number of piperazine rings is 1. The van der Waals surface area contributed by atoms with Crippen LogP contribution < -0.4 is 10.6 Å². The summed E-state index contributed by atoms with van der Waals surface area (Å²) < 4.78 is 42.9. The zero-order valence-corrected chi connectivity index (χ0v) is 24.6. The molecule has 42 heavy (non-hydrogen) atoms. The summed E-state index contributed by atoms with van der Waals surface area (Å²) in [6.07, 6.45) is 0.416. The van der Waals surface area contributed by atoms with E-state index in [0.29, 0.717) is 36.1 Å². The van der Waals surface area contributed by atoms with Crippen LogP contribution in [0.3, 0.4) is 0 Å². The van der Waals surface area contributed by atoms with Gasteiger partial charge in [-0.1, -0.05) is 12.1 Å². The van der Waals surface area contributed by atoms with E-state index in [2.05, 4.69) is 46.4 Å². The van der Waals surface area contributed by atoms with Crippen LogP contribution >= 0.6 is 15.9 Å². The molecule has 0 atom stereocenters. The number of nitrogens with zero attached hydrogens (tertiary/aromatic N) is 5. The van der Waals surface area contributed by atoms with Gasteiger partial charge in [-0.3, -0.25) is 14.7 Å². The second kappa shape index (κ2) is 12.6. The Morgan fingerprint density at radius 3 is 2.55 bits per heavy atom. The van der Waals surface area contributed by atoms with E-state index < -0.39 is 17.6 Å². The van der Waals surface area contributed by atoms with Crippen molar-refractivity contribution in [2.24, 2.45) is 0 Å². The molecule has 0 spiro atoms. The van der Waals surface area contributed by atoms with Crippen molar-refractivity contribution in [2.45, 2.75) is 19.6 Å². The first-order valence-corrected chi connectivity index (χ1v) is 14.1. The molecule has 1 amide bonds. The van der Waals surface area contributed by atoms with Crippen molar-refractivity contribution in [1.82, 2.24) is 24.8 Å². The number of pyridine rings is 1. The Kier molecular flexibility index (Phi) is 8.85. The fourth-order valence-electron chi connectivity index (χ4n) is 4.66. The third-order valence-electron chi connectivity index (χ3n) is 7.07. The van der Waals surface area contributed by atoms with Crippen molar-refractivity contribution < 1.29 is 18.0 Å². The van der Waals surface area contributed by atoms with Crippen LogP contribution in [0.5, 0.6) is 0 Å². The van der Waals surface area contributed by atoms with Crippen molar-refractivity contribution in [3.8, 4) is 11.3 Å². The number of anilines is 3. The number of halogens is 4. The van der Waals surface area contributed by atoms with E-state index in [9.17, 15) is 18.0 Å². The fourth-order valence-corrected chi connectivity index (χ4v) is 5.02. The third-order valence-corrected chi connectivity index (χ3v) is 7.50. The molecular weight excluding hydrogens is 611 g/mol. The molecule has 0 aliphatic carbocycles. The van der Waals surface area contributed by atoms with Crippen LogP contribution in [-0.4, -0.2) is 63.9 Å². The Hall–Kier alpha value is -3.87. The summed E-state index contributed by atoms with van der Waals surface area (Å²) in [4.78, 5) is 30.2. The standard InChI is InChI=1S/C30H29BrF3N7O/c1-19-3-6-24(15-27(19)39-29-36-8-7-26(38-29)22-13-23(31)17-35-16-22)37-28(42)20-4-5-21(25(14-20)30(32,33)34)18-41-11-9-40(2)10-12-41/h3-8,13-17H,9-12,18H2,1-2H3,(H,37,42)(H,36,38,39). The number of carbonyl (C=O) groups excluding carboxylic acids is 1. The van der Waals surface area contributed by atoms with Crippen LogP contribution in [0.25, 0.3) is 11.3 Å². The predicted octanol–water partition coefficient (Wildman–Crippen LogP) is 6.37. The molecule has 0 bridgehead atoms. The summed E-state index contributed by atoms with van der Waals surface area (Å²) in [5.74, 6) is -0.299. The maximum atomic E-state index is 14.0. The first-order chi connectivity index (χ1) is 20.0. The monoisotopic (exact) mass is 639 g/mol. The van der Waals surface area contributed by atoms with Gasteiger partial charge in [0.25, 0.3) is 5.91 Å². The highest BCUT2D eigenvalue weighted by Crippen LogP contribution is 2.34. The number of amides is 1. The normalized spacial score (nSPS) is 14.5. The van der Waals surface area contributed by atoms with Gasteiger partial charge in [-0.25, -0.2) is 9.97 Å². The molecule has 0 unspecified atom stereocenters. The molecule has 1 fully saturated rings. The Morgan fingerprint density at radius 1 is 1.02 bits per heavy atom. The van der Waals surface area contributed by atoms with Gasteiger partial charge in [-0.05, 0) is 77.4 Å². The molecule has 0 saturated carbocycles. The van der Waals surface area contributed by atoms with Crippen molar-refractivity contribution in [1.29, 1.82) is 0 Å². The summed E-state index contributed by atoms with van der Waals surface area (Å²) >= 11 is 3.41. The van der Waals surface area contributed by atoms with Gasteiger partial charge in [0.05, 0.1) is 11.3 Å².